The Morgan fingerprint density at radius 3 is 2.55 bits per heavy atom. The lowest BCUT2D eigenvalue weighted by Crippen LogP contribution is -2.09. The van der Waals surface area contributed by atoms with E-state index in [0.717, 1.165) is 17.0 Å². The lowest BCUT2D eigenvalue weighted by molar-refractivity contribution is 0.101. The smallest absolute Gasteiger partial charge is 0.167 e. The van der Waals surface area contributed by atoms with Crippen molar-refractivity contribution >= 4 is 11.6 Å². The molecule has 0 aromatic carbocycles. The summed E-state index contributed by atoms with van der Waals surface area (Å²) in [6, 6.07) is 5.70. The van der Waals surface area contributed by atoms with Crippen molar-refractivity contribution in [3.05, 3.63) is 45.9 Å². The zero-order valence-electron chi connectivity index (χ0n) is 13.1. The van der Waals surface area contributed by atoms with Crippen molar-refractivity contribution in [1.82, 2.24) is 15.2 Å². The minimum absolute atomic E-state index is 0.00342. The summed E-state index contributed by atoms with van der Waals surface area (Å²) in [4.78, 5) is 15.8. The number of nitrogens with one attached hydrogen (secondary N) is 1. The van der Waals surface area contributed by atoms with Crippen LogP contribution in [0.4, 0.5) is 5.82 Å². The maximum absolute atomic E-state index is 11.4. The molecule has 0 atom stereocenters. The second-order valence-electron chi connectivity index (χ2n) is 5.09. The van der Waals surface area contributed by atoms with Crippen molar-refractivity contribution in [2.45, 2.75) is 34.2 Å². The van der Waals surface area contributed by atoms with Crippen LogP contribution in [0.2, 0.25) is 0 Å². The van der Waals surface area contributed by atoms with Crippen LogP contribution in [-0.2, 0) is 6.54 Å². The summed E-state index contributed by atoms with van der Waals surface area (Å²) in [7, 11) is 0. The fourth-order valence-electron chi connectivity index (χ4n) is 2.13. The largest absolute Gasteiger partial charge is 0.362 e. The summed E-state index contributed by atoms with van der Waals surface area (Å²) in [5, 5.41) is 20.4. The molecule has 0 fully saturated rings. The van der Waals surface area contributed by atoms with Gasteiger partial charge in [-0.25, -0.2) is 0 Å². The highest BCUT2D eigenvalue weighted by atomic mass is 16.1. The molecule has 2 aromatic heterocycles. The third-order valence-electron chi connectivity index (χ3n) is 3.53. The Morgan fingerprint density at radius 2 is 1.95 bits per heavy atom. The minimum Gasteiger partial charge on any atom is -0.362 e. The van der Waals surface area contributed by atoms with Crippen molar-refractivity contribution in [2.75, 3.05) is 5.32 Å². The van der Waals surface area contributed by atoms with E-state index in [1.54, 1.807) is 19.1 Å². The summed E-state index contributed by atoms with van der Waals surface area (Å²) >= 11 is 0. The number of hydrogen-bond donors (Lipinski definition) is 1. The number of ketones is 1. The first-order valence-corrected chi connectivity index (χ1v) is 6.89. The Kier molecular flexibility index (Phi) is 4.47. The van der Waals surface area contributed by atoms with Gasteiger partial charge in [0.2, 0.25) is 0 Å². The molecule has 2 rings (SSSR count). The number of rotatable bonds is 4. The Labute approximate surface area is 129 Å². The number of nitrogens with zero attached hydrogens (tertiary/aromatic N) is 4. The maximum atomic E-state index is 11.4. The first-order valence-electron chi connectivity index (χ1n) is 6.89. The summed E-state index contributed by atoms with van der Waals surface area (Å²) in [6.45, 7) is 7.39. The number of Topliss-reactive ketones (excluding diaryl/α,β-unsaturated/α-hetero) is 1. The summed E-state index contributed by atoms with van der Waals surface area (Å²) in [5.41, 5.74) is 4.12. The molecule has 0 saturated carbocycles. The molecule has 112 valence electrons. The van der Waals surface area contributed by atoms with E-state index in [1.807, 2.05) is 13.8 Å². The van der Waals surface area contributed by atoms with Gasteiger partial charge in [-0.1, -0.05) is 0 Å². The number of anilines is 1. The average molecular weight is 295 g/mol. The Morgan fingerprint density at radius 1 is 1.23 bits per heavy atom. The van der Waals surface area contributed by atoms with Gasteiger partial charge in [0, 0.05) is 11.3 Å². The van der Waals surface area contributed by atoms with Crippen LogP contribution in [0.3, 0.4) is 0 Å². The van der Waals surface area contributed by atoms with Gasteiger partial charge in [-0.15, -0.1) is 5.10 Å². The second-order valence-corrected chi connectivity index (χ2v) is 5.09. The van der Waals surface area contributed by atoms with E-state index in [9.17, 15) is 10.1 Å². The molecule has 0 bridgehead atoms. The second kappa shape index (κ2) is 6.31. The highest BCUT2D eigenvalue weighted by molar-refractivity contribution is 5.95. The summed E-state index contributed by atoms with van der Waals surface area (Å²) < 4.78 is 0. The molecule has 22 heavy (non-hydrogen) atoms. The molecular weight excluding hydrogens is 278 g/mol. The van der Waals surface area contributed by atoms with Gasteiger partial charge in [0.05, 0.1) is 17.9 Å². The van der Waals surface area contributed by atoms with Crippen LogP contribution >= 0.6 is 0 Å². The predicted molar refractivity (Wildman–Crippen MR) is 82.5 cm³/mol. The van der Waals surface area contributed by atoms with Crippen molar-refractivity contribution < 1.29 is 4.79 Å². The first kappa shape index (κ1) is 15.6. The Hall–Kier alpha value is -2.81. The van der Waals surface area contributed by atoms with Crippen LogP contribution in [-0.4, -0.2) is 21.0 Å². The van der Waals surface area contributed by atoms with Gasteiger partial charge in [-0.3, -0.25) is 9.78 Å². The number of carbonyl (C=O) groups is 1. The van der Waals surface area contributed by atoms with E-state index < -0.39 is 0 Å². The number of aromatic nitrogens is 3. The molecule has 6 nitrogen and oxygen atoms in total. The third-order valence-corrected chi connectivity index (χ3v) is 3.53. The maximum Gasteiger partial charge on any atom is 0.167 e. The zero-order chi connectivity index (χ0) is 16.3. The lowest BCUT2D eigenvalue weighted by Gasteiger charge is -2.10. The van der Waals surface area contributed by atoms with E-state index in [-0.39, 0.29) is 5.78 Å². The molecular formula is C16H17N5O. The van der Waals surface area contributed by atoms with Crippen molar-refractivity contribution in [1.29, 1.82) is 5.26 Å². The molecule has 0 aliphatic rings. The Bertz CT molecular complexity index is 777. The molecule has 0 unspecified atom stereocenters. The van der Waals surface area contributed by atoms with Gasteiger partial charge in [0.15, 0.2) is 11.6 Å². The van der Waals surface area contributed by atoms with Gasteiger partial charge in [0.25, 0.3) is 0 Å². The monoisotopic (exact) mass is 295 g/mol. The number of pyridine rings is 1. The quantitative estimate of drug-likeness (QED) is 0.871. The third kappa shape index (κ3) is 3.09. The molecule has 0 aliphatic carbocycles. The van der Waals surface area contributed by atoms with E-state index in [4.69, 9.17) is 0 Å². The summed E-state index contributed by atoms with van der Waals surface area (Å²) in [6.07, 6.45) is 0. The van der Waals surface area contributed by atoms with Crippen LogP contribution in [0, 0.1) is 32.1 Å². The van der Waals surface area contributed by atoms with Crippen LogP contribution in [0.25, 0.3) is 0 Å². The van der Waals surface area contributed by atoms with Crippen molar-refractivity contribution in [3.8, 4) is 6.07 Å². The van der Waals surface area contributed by atoms with E-state index >= 15 is 0 Å². The SMILES string of the molecule is CC(=O)c1ccc(CNc2nnc(C)c(C)c2C#N)nc1C. The number of hydrogen-bond acceptors (Lipinski definition) is 6. The van der Waals surface area contributed by atoms with E-state index in [1.165, 1.54) is 6.92 Å². The molecule has 2 aromatic rings. The normalized spacial score (nSPS) is 10.1. The van der Waals surface area contributed by atoms with Crippen LogP contribution in [0.1, 0.15) is 45.5 Å². The first-order chi connectivity index (χ1) is 10.4. The number of nitriles is 1. The summed E-state index contributed by atoms with van der Waals surface area (Å²) in [5.74, 6) is 0.442. The molecule has 0 radical (unpaired) electrons. The molecule has 2 heterocycles. The fraction of sp³-hybridized carbons (Fsp3) is 0.312. The van der Waals surface area contributed by atoms with Gasteiger partial charge in [0.1, 0.15) is 11.6 Å². The molecule has 0 saturated heterocycles. The molecule has 6 heteroatoms. The van der Waals surface area contributed by atoms with Gasteiger partial charge < -0.3 is 5.32 Å². The molecule has 0 aliphatic heterocycles. The molecule has 0 spiro atoms. The number of aryl methyl sites for hydroxylation is 2. The topological polar surface area (TPSA) is 91.6 Å². The number of carbonyl (C=O) groups excluding carboxylic acids is 1. The van der Waals surface area contributed by atoms with Gasteiger partial charge >= 0.3 is 0 Å². The highest BCUT2D eigenvalue weighted by Gasteiger charge is 2.11. The highest BCUT2D eigenvalue weighted by Crippen LogP contribution is 2.18. The Balaban J connectivity index is 2.21. The van der Waals surface area contributed by atoms with E-state index in [0.29, 0.717) is 29.2 Å². The predicted octanol–water partition coefficient (Wildman–Crippen LogP) is 2.48. The van der Waals surface area contributed by atoms with E-state index in [2.05, 4.69) is 26.6 Å². The van der Waals surface area contributed by atoms with Crippen LogP contribution in [0.15, 0.2) is 12.1 Å². The average Bonchev–Trinajstić information content (AvgIpc) is 2.48. The molecule has 0 amide bonds. The zero-order valence-corrected chi connectivity index (χ0v) is 13.1. The standard InChI is InChI=1S/C16H17N5O/c1-9-10(2)20-21-16(15(9)7-17)18-8-13-5-6-14(12(4)22)11(3)19-13/h5-6H,8H2,1-4H3,(H,18,21). The minimum atomic E-state index is -0.00342. The lowest BCUT2D eigenvalue weighted by atomic mass is 10.1. The van der Waals surface area contributed by atoms with Crippen LogP contribution < -0.4 is 5.32 Å². The van der Waals surface area contributed by atoms with Crippen molar-refractivity contribution in [3.63, 3.8) is 0 Å². The van der Waals surface area contributed by atoms with Crippen LogP contribution in [0.5, 0.6) is 0 Å². The van der Waals surface area contributed by atoms with Crippen molar-refractivity contribution in [2.24, 2.45) is 0 Å². The van der Waals surface area contributed by atoms with Gasteiger partial charge in [-0.05, 0) is 45.4 Å². The fourth-order valence-corrected chi connectivity index (χ4v) is 2.13. The van der Waals surface area contributed by atoms with Gasteiger partial charge in [-0.2, -0.15) is 10.4 Å². The molecule has 1 N–H and O–H groups in total.